The van der Waals surface area contributed by atoms with Crippen molar-refractivity contribution in [2.45, 2.75) is 25.7 Å². The lowest BCUT2D eigenvalue weighted by molar-refractivity contribution is 0.0914. The number of carbonyl (C=O) groups is 1. The highest BCUT2D eigenvalue weighted by Gasteiger charge is 2.20. The van der Waals surface area contributed by atoms with E-state index < -0.39 is 0 Å². The molecule has 4 heteroatoms. The molecule has 0 unspecified atom stereocenters. The summed E-state index contributed by atoms with van der Waals surface area (Å²) in [5, 5.41) is 2.92. The number of nitrogens with one attached hydrogen (secondary N) is 1. The van der Waals surface area contributed by atoms with Gasteiger partial charge in [-0.25, -0.2) is 0 Å². The second-order valence-corrected chi connectivity index (χ2v) is 4.81. The summed E-state index contributed by atoms with van der Waals surface area (Å²) in [4.78, 5) is 11.6. The topological polar surface area (TPSA) is 68.3 Å². The van der Waals surface area contributed by atoms with Gasteiger partial charge < -0.3 is 15.5 Å². The van der Waals surface area contributed by atoms with Gasteiger partial charge in [0.1, 0.15) is 0 Å². The molecule has 2 rings (SSSR count). The zero-order valence-electron chi connectivity index (χ0n) is 10.0. The van der Waals surface area contributed by atoms with Crippen molar-refractivity contribution < 1.29 is 9.21 Å². The van der Waals surface area contributed by atoms with Crippen LogP contribution in [0.4, 0.5) is 0 Å². The number of furan rings is 1. The molecule has 4 nitrogen and oxygen atoms in total. The van der Waals surface area contributed by atoms with E-state index in [2.05, 4.69) is 5.32 Å². The first-order valence-electron chi connectivity index (χ1n) is 6.31. The molecule has 1 aromatic rings. The van der Waals surface area contributed by atoms with Crippen molar-refractivity contribution in [3.63, 3.8) is 0 Å². The van der Waals surface area contributed by atoms with Gasteiger partial charge in [0.25, 0.3) is 5.91 Å². The fourth-order valence-corrected chi connectivity index (χ4v) is 2.40. The van der Waals surface area contributed by atoms with Crippen LogP contribution in [-0.4, -0.2) is 19.0 Å². The van der Waals surface area contributed by atoms with Crippen LogP contribution in [0, 0.1) is 11.8 Å². The minimum atomic E-state index is -0.115. The highest BCUT2D eigenvalue weighted by Crippen LogP contribution is 2.27. The third-order valence-corrected chi connectivity index (χ3v) is 3.60. The minimum Gasteiger partial charge on any atom is -0.459 e. The molecule has 1 aliphatic carbocycles. The van der Waals surface area contributed by atoms with Gasteiger partial charge in [-0.05, 0) is 56.2 Å². The Labute approximate surface area is 102 Å². The number of rotatable bonds is 4. The molecule has 1 amide bonds. The van der Waals surface area contributed by atoms with Gasteiger partial charge in [0.2, 0.25) is 0 Å². The predicted molar refractivity (Wildman–Crippen MR) is 65.5 cm³/mol. The van der Waals surface area contributed by atoms with Crippen LogP contribution < -0.4 is 11.1 Å². The molecule has 1 heterocycles. The molecule has 1 aromatic heterocycles. The summed E-state index contributed by atoms with van der Waals surface area (Å²) in [6.45, 7) is 1.54. The van der Waals surface area contributed by atoms with Crippen molar-refractivity contribution in [2.24, 2.45) is 17.6 Å². The van der Waals surface area contributed by atoms with E-state index in [1.54, 1.807) is 12.1 Å². The zero-order chi connectivity index (χ0) is 12.1. The third-order valence-electron chi connectivity index (χ3n) is 3.60. The molecule has 94 valence electrons. The number of hydrogen-bond donors (Lipinski definition) is 2. The smallest absolute Gasteiger partial charge is 0.286 e. The van der Waals surface area contributed by atoms with Crippen molar-refractivity contribution in [2.75, 3.05) is 13.1 Å². The van der Waals surface area contributed by atoms with Crippen LogP contribution in [0.5, 0.6) is 0 Å². The first-order valence-corrected chi connectivity index (χ1v) is 6.31. The summed E-state index contributed by atoms with van der Waals surface area (Å²) in [6, 6.07) is 3.40. The van der Waals surface area contributed by atoms with Crippen LogP contribution in [0.1, 0.15) is 36.2 Å². The van der Waals surface area contributed by atoms with Crippen molar-refractivity contribution in [1.29, 1.82) is 0 Å². The maximum atomic E-state index is 11.6. The lowest BCUT2D eigenvalue weighted by Gasteiger charge is -2.27. The molecule has 0 radical (unpaired) electrons. The Hall–Kier alpha value is -1.29. The van der Waals surface area contributed by atoms with Gasteiger partial charge in [0.15, 0.2) is 5.76 Å². The van der Waals surface area contributed by atoms with Gasteiger partial charge in [0, 0.05) is 6.54 Å². The summed E-state index contributed by atoms with van der Waals surface area (Å²) in [5.74, 6) is 1.56. The van der Waals surface area contributed by atoms with Crippen LogP contribution in [0.15, 0.2) is 22.8 Å². The molecule has 0 saturated heterocycles. The molecule has 17 heavy (non-hydrogen) atoms. The molecular formula is C13H20N2O2. The number of amides is 1. The van der Waals surface area contributed by atoms with E-state index in [-0.39, 0.29) is 5.91 Å². The minimum absolute atomic E-state index is 0.115. The van der Waals surface area contributed by atoms with Gasteiger partial charge in [-0.3, -0.25) is 4.79 Å². The molecule has 0 spiro atoms. The van der Waals surface area contributed by atoms with Crippen LogP contribution in [-0.2, 0) is 0 Å². The van der Waals surface area contributed by atoms with Crippen LogP contribution in [0.2, 0.25) is 0 Å². The van der Waals surface area contributed by atoms with E-state index in [9.17, 15) is 4.79 Å². The maximum absolute atomic E-state index is 11.6. The monoisotopic (exact) mass is 236 g/mol. The molecule has 1 saturated carbocycles. The number of hydrogen-bond acceptors (Lipinski definition) is 3. The van der Waals surface area contributed by atoms with Gasteiger partial charge in [-0.15, -0.1) is 0 Å². The molecule has 1 aliphatic rings. The van der Waals surface area contributed by atoms with E-state index in [4.69, 9.17) is 10.2 Å². The number of nitrogens with two attached hydrogens (primary N) is 1. The van der Waals surface area contributed by atoms with E-state index in [1.807, 2.05) is 0 Å². The van der Waals surface area contributed by atoms with Crippen molar-refractivity contribution >= 4 is 5.91 Å². The fraction of sp³-hybridized carbons (Fsp3) is 0.615. The van der Waals surface area contributed by atoms with E-state index in [1.165, 1.54) is 31.9 Å². The second kappa shape index (κ2) is 5.87. The van der Waals surface area contributed by atoms with Crippen LogP contribution in [0.25, 0.3) is 0 Å². The zero-order valence-corrected chi connectivity index (χ0v) is 10.0. The van der Waals surface area contributed by atoms with Gasteiger partial charge in [-0.2, -0.15) is 0 Å². The van der Waals surface area contributed by atoms with Crippen LogP contribution >= 0.6 is 0 Å². The lowest BCUT2D eigenvalue weighted by atomic mass is 9.82. The largest absolute Gasteiger partial charge is 0.459 e. The molecule has 0 bridgehead atoms. The van der Waals surface area contributed by atoms with E-state index >= 15 is 0 Å². The third kappa shape index (κ3) is 3.33. The molecule has 0 aliphatic heterocycles. The summed E-state index contributed by atoms with van der Waals surface area (Å²) >= 11 is 0. The van der Waals surface area contributed by atoms with Crippen LogP contribution in [0.3, 0.4) is 0 Å². The molecule has 0 atom stereocenters. The highest BCUT2D eigenvalue weighted by molar-refractivity contribution is 5.91. The van der Waals surface area contributed by atoms with Crippen molar-refractivity contribution in [3.05, 3.63) is 24.2 Å². The summed E-state index contributed by atoms with van der Waals surface area (Å²) in [7, 11) is 0. The Balaban J connectivity index is 1.71. The average Bonchev–Trinajstić information content (AvgIpc) is 2.90. The van der Waals surface area contributed by atoms with E-state index in [0.717, 1.165) is 13.1 Å². The average molecular weight is 236 g/mol. The predicted octanol–water partition coefficient (Wildman–Crippen LogP) is 1.77. The molecule has 0 aromatic carbocycles. The summed E-state index contributed by atoms with van der Waals surface area (Å²) < 4.78 is 5.04. The Bertz CT molecular complexity index is 340. The summed E-state index contributed by atoms with van der Waals surface area (Å²) in [5.41, 5.74) is 5.65. The molecule has 3 N–H and O–H groups in total. The van der Waals surface area contributed by atoms with Gasteiger partial charge in [-0.1, -0.05) is 0 Å². The van der Waals surface area contributed by atoms with Crippen molar-refractivity contribution in [3.8, 4) is 0 Å². The van der Waals surface area contributed by atoms with E-state index in [0.29, 0.717) is 17.6 Å². The maximum Gasteiger partial charge on any atom is 0.286 e. The standard InChI is InChI=1S/C13H20N2O2/c14-8-10-3-5-11(6-4-10)9-15-13(16)12-2-1-7-17-12/h1-2,7,10-11H,3-6,8-9,14H2,(H,15,16). The Morgan fingerprint density at radius 2 is 2.06 bits per heavy atom. The quantitative estimate of drug-likeness (QED) is 0.837. The van der Waals surface area contributed by atoms with Gasteiger partial charge >= 0.3 is 0 Å². The highest BCUT2D eigenvalue weighted by atomic mass is 16.3. The first kappa shape index (κ1) is 12.2. The van der Waals surface area contributed by atoms with Gasteiger partial charge in [0.05, 0.1) is 6.26 Å². The second-order valence-electron chi connectivity index (χ2n) is 4.81. The SMILES string of the molecule is NCC1CCC(CNC(=O)c2ccco2)CC1. The fourth-order valence-electron chi connectivity index (χ4n) is 2.40. The molecular weight excluding hydrogens is 216 g/mol. The first-order chi connectivity index (χ1) is 8.29. The Kier molecular flexibility index (Phi) is 4.20. The Morgan fingerprint density at radius 1 is 1.35 bits per heavy atom. The number of carbonyl (C=O) groups excluding carboxylic acids is 1. The molecule has 1 fully saturated rings. The van der Waals surface area contributed by atoms with Crippen molar-refractivity contribution in [1.82, 2.24) is 5.32 Å². The Morgan fingerprint density at radius 3 is 2.65 bits per heavy atom. The normalized spacial score (nSPS) is 24.5. The summed E-state index contributed by atoms with van der Waals surface area (Å²) in [6.07, 6.45) is 6.23. The lowest BCUT2D eigenvalue weighted by Crippen LogP contribution is -2.32.